The molecule has 23 heavy (non-hydrogen) atoms. The van der Waals surface area contributed by atoms with E-state index in [0.717, 1.165) is 15.7 Å². The molecule has 1 heterocycles. The summed E-state index contributed by atoms with van der Waals surface area (Å²) in [5, 5.41) is 7.89. The second-order valence-corrected chi connectivity index (χ2v) is 7.88. The zero-order valence-electron chi connectivity index (χ0n) is 12.6. The van der Waals surface area contributed by atoms with Crippen LogP contribution in [0.3, 0.4) is 0 Å². The average Bonchev–Trinajstić information content (AvgIpc) is 2.90. The Hall–Kier alpha value is -1.99. The Bertz CT molecular complexity index is 963. The lowest BCUT2D eigenvalue weighted by Crippen LogP contribution is -2.06. The summed E-state index contributed by atoms with van der Waals surface area (Å²) in [6.45, 7) is 3.60. The molecular formula is C16H14BrN3O2S. The number of aryl methyl sites for hydroxylation is 1. The van der Waals surface area contributed by atoms with Gasteiger partial charge in [0.25, 0.3) is 0 Å². The molecule has 0 fully saturated rings. The van der Waals surface area contributed by atoms with E-state index < -0.39 is 9.84 Å². The predicted molar refractivity (Wildman–Crippen MR) is 90.4 cm³/mol. The molecule has 0 atom stereocenters. The Kier molecular flexibility index (Phi) is 4.08. The van der Waals surface area contributed by atoms with Crippen molar-refractivity contribution in [2.45, 2.75) is 23.8 Å². The number of para-hydroxylation sites is 1. The van der Waals surface area contributed by atoms with Gasteiger partial charge in [-0.3, -0.25) is 0 Å². The van der Waals surface area contributed by atoms with Crippen LogP contribution in [0.2, 0.25) is 0 Å². The molecule has 118 valence electrons. The van der Waals surface area contributed by atoms with Crippen molar-refractivity contribution in [2.24, 2.45) is 0 Å². The SMILES string of the molecule is Cc1ccc(S(=O)(=O)c2nnn(-c3ccccc3Br)c2C)cc1. The maximum absolute atomic E-state index is 12.8. The maximum Gasteiger partial charge on any atom is 0.227 e. The number of hydrogen-bond donors (Lipinski definition) is 0. The van der Waals surface area contributed by atoms with Crippen LogP contribution in [0.1, 0.15) is 11.3 Å². The van der Waals surface area contributed by atoms with Gasteiger partial charge in [-0.05, 0) is 54.0 Å². The summed E-state index contributed by atoms with van der Waals surface area (Å²) in [4.78, 5) is 0.213. The number of aromatic nitrogens is 3. The molecule has 3 rings (SSSR count). The van der Waals surface area contributed by atoms with Gasteiger partial charge in [-0.1, -0.05) is 35.0 Å². The number of nitrogens with zero attached hydrogens (tertiary/aromatic N) is 3. The van der Waals surface area contributed by atoms with Crippen molar-refractivity contribution in [1.82, 2.24) is 15.0 Å². The summed E-state index contributed by atoms with van der Waals surface area (Å²) in [5.41, 5.74) is 2.21. The number of hydrogen-bond acceptors (Lipinski definition) is 4. The molecule has 2 aromatic carbocycles. The molecule has 0 saturated carbocycles. The van der Waals surface area contributed by atoms with Gasteiger partial charge in [0.15, 0.2) is 0 Å². The molecule has 0 bridgehead atoms. The molecule has 7 heteroatoms. The van der Waals surface area contributed by atoms with E-state index >= 15 is 0 Å². The van der Waals surface area contributed by atoms with Gasteiger partial charge in [-0.2, -0.15) is 0 Å². The zero-order valence-corrected chi connectivity index (χ0v) is 15.0. The van der Waals surface area contributed by atoms with Gasteiger partial charge < -0.3 is 0 Å². The van der Waals surface area contributed by atoms with Gasteiger partial charge in [-0.25, -0.2) is 13.1 Å². The summed E-state index contributed by atoms with van der Waals surface area (Å²) in [6, 6.07) is 14.1. The lowest BCUT2D eigenvalue weighted by molar-refractivity contribution is 0.591. The van der Waals surface area contributed by atoms with E-state index in [0.29, 0.717) is 5.69 Å². The van der Waals surface area contributed by atoms with E-state index in [1.807, 2.05) is 31.2 Å². The van der Waals surface area contributed by atoms with Crippen LogP contribution in [0.15, 0.2) is 62.9 Å². The third-order valence-corrected chi connectivity index (χ3v) is 5.97. The average molecular weight is 392 g/mol. The number of rotatable bonds is 3. The largest absolute Gasteiger partial charge is 0.227 e. The molecule has 3 aromatic rings. The normalized spacial score (nSPS) is 11.6. The molecule has 0 spiro atoms. The molecule has 0 aliphatic heterocycles. The minimum absolute atomic E-state index is 0.0305. The number of sulfone groups is 1. The molecule has 0 amide bonds. The third-order valence-electron chi connectivity index (χ3n) is 3.52. The first kappa shape index (κ1) is 15.9. The summed E-state index contributed by atoms with van der Waals surface area (Å²) >= 11 is 3.44. The molecule has 1 aromatic heterocycles. The molecule has 0 radical (unpaired) electrons. The van der Waals surface area contributed by atoms with Crippen molar-refractivity contribution < 1.29 is 8.42 Å². The summed E-state index contributed by atoms with van der Waals surface area (Å²) in [5.74, 6) is 0. The van der Waals surface area contributed by atoms with E-state index in [-0.39, 0.29) is 9.92 Å². The number of benzene rings is 2. The first-order chi connectivity index (χ1) is 10.9. The third kappa shape index (κ3) is 2.82. The molecule has 0 saturated heterocycles. The van der Waals surface area contributed by atoms with E-state index in [4.69, 9.17) is 0 Å². The van der Waals surface area contributed by atoms with Crippen LogP contribution in [0.4, 0.5) is 0 Å². The first-order valence-electron chi connectivity index (χ1n) is 6.90. The Labute approximate surface area is 143 Å². The van der Waals surface area contributed by atoms with Crippen LogP contribution in [0.5, 0.6) is 0 Å². The van der Waals surface area contributed by atoms with Crippen LogP contribution in [0, 0.1) is 13.8 Å². The Morgan fingerprint density at radius 3 is 2.30 bits per heavy atom. The highest BCUT2D eigenvalue weighted by Crippen LogP contribution is 2.26. The van der Waals surface area contributed by atoms with Gasteiger partial charge in [0, 0.05) is 4.47 Å². The van der Waals surface area contributed by atoms with Crippen LogP contribution in [0.25, 0.3) is 5.69 Å². The molecular weight excluding hydrogens is 378 g/mol. The van der Waals surface area contributed by atoms with Gasteiger partial charge >= 0.3 is 0 Å². The van der Waals surface area contributed by atoms with Crippen LogP contribution < -0.4 is 0 Å². The van der Waals surface area contributed by atoms with Crippen LogP contribution in [-0.2, 0) is 9.84 Å². The Morgan fingerprint density at radius 2 is 1.65 bits per heavy atom. The molecule has 0 unspecified atom stereocenters. The number of halogens is 1. The Morgan fingerprint density at radius 1 is 1.00 bits per heavy atom. The zero-order chi connectivity index (χ0) is 16.6. The molecule has 0 aliphatic rings. The van der Waals surface area contributed by atoms with E-state index in [2.05, 4.69) is 26.2 Å². The first-order valence-corrected chi connectivity index (χ1v) is 9.18. The summed E-state index contributed by atoms with van der Waals surface area (Å²) in [7, 11) is -3.70. The van der Waals surface area contributed by atoms with Crippen molar-refractivity contribution in [3.8, 4) is 5.69 Å². The van der Waals surface area contributed by atoms with Gasteiger partial charge in [0.05, 0.1) is 16.3 Å². The molecule has 0 aliphatic carbocycles. The molecule has 5 nitrogen and oxygen atoms in total. The van der Waals surface area contributed by atoms with Crippen molar-refractivity contribution in [2.75, 3.05) is 0 Å². The highest BCUT2D eigenvalue weighted by molar-refractivity contribution is 9.10. The van der Waals surface area contributed by atoms with Gasteiger partial charge in [0.2, 0.25) is 14.9 Å². The van der Waals surface area contributed by atoms with Gasteiger partial charge in [-0.15, -0.1) is 5.10 Å². The lowest BCUT2D eigenvalue weighted by Gasteiger charge is -2.06. The summed E-state index contributed by atoms with van der Waals surface area (Å²) < 4.78 is 27.9. The molecule has 0 N–H and O–H groups in total. The fourth-order valence-corrected chi connectivity index (χ4v) is 4.03. The predicted octanol–water partition coefficient (Wildman–Crippen LogP) is 3.48. The maximum atomic E-state index is 12.8. The standard InChI is InChI=1S/C16H14BrN3O2S/c1-11-7-9-13(10-8-11)23(21,22)16-12(2)20(19-18-16)15-6-4-3-5-14(15)17/h3-10H,1-2H3. The fraction of sp³-hybridized carbons (Fsp3) is 0.125. The highest BCUT2D eigenvalue weighted by Gasteiger charge is 2.26. The van der Waals surface area contributed by atoms with Crippen molar-refractivity contribution in [3.05, 3.63) is 64.3 Å². The smallest absolute Gasteiger partial charge is 0.217 e. The van der Waals surface area contributed by atoms with E-state index in [1.165, 1.54) is 4.68 Å². The van der Waals surface area contributed by atoms with E-state index in [1.54, 1.807) is 31.2 Å². The topological polar surface area (TPSA) is 64.8 Å². The van der Waals surface area contributed by atoms with Crippen molar-refractivity contribution in [3.63, 3.8) is 0 Å². The second kappa shape index (κ2) is 5.90. The van der Waals surface area contributed by atoms with Gasteiger partial charge in [0.1, 0.15) is 0 Å². The second-order valence-electron chi connectivity index (χ2n) is 5.16. The monoisotopic (exact) mass is 391 g/mol. The van der Waals surface area contributed by atoms with E-state index in [9.17, 15) is 8.42 Å². The minimum atomic E-state index is -3.70. The van der Waals surface area contributed by atoms with Crippen LogP contribution >= 0.6 is 15.9 Å². The highest BCUT2D eigenvalue weighted by atomic mass is 79.9. The quantitative estimate of drug-likeness (QED) is 0.685. The summed E-state index contributed by atoms with van der Waals surface area (Å²) in [6.07, 6.45) is 0. The lowest BCUT2D eigenvalue weighted by atomic mass is 10.2. The van der Waals surface area contributed by atoms with Crippen molar-refractivity contribution >= 4 is 25.8 Å². The van der Waals surface area contributed by atoms with Crippen molar-refractivity contribution in [1.29, 1.82) is 0 Å². The minimum Gasteiger partial charge on any atom is -0.217 e. The van der Waals surface area contributed by atoms with Crippen LogP contribution in [-0.4, -0.2) is 23.4 Å². The fourth-order valence-electron chi connectivity index (χ4n) is 2.24. The Balaban J connectivity index is 2.12.